The minimum absolute atomic E-state index is 0.323. The van der Waals surface area contributed by atoms with E-state index in [0.29, 0.717) is 22.4 Å². The number of aliphatic imine (C=N–C) groups is 1. The Balaban J connectivity index is 1.46. The van der Waals surface area contributed by atoms with E-state index in [1.165, 1.54) is 0 Å². The number of hydrogen-bond acceptors (Lipinski definition) is 3. The van der Waals surface area contributed by atoms with Crippen LogP contribution in [-0.2, 0) is 6.61 Å². The first-order valence-electron chi connectivity index (χ1n) is 9.80. The maximum atomic E-state index is 6.26. The van der Waals surface area contributed by atoms with Gasteiger partial charge in [0.15, 0.2) is 0 Å². The molecule has 0 amide bonds. The molecule has 0 spiro atoms. The Morgan fingerprint density at radius 2 is 1.56 bits per heavy atom. The van der Waals surface area contributed by atoms with Crippen molar-refractivity contribution in [1.82, 2.24) is 0 Å². The molecular formula is C26H18BrCl2NO2. The average Bonchev–Trinajstić information content (AvgIpc) is 2.80. The molecule has 160 valence electrons. The molecule has 3 nitrogen and oxygen atoms in total. The third-order valence-electron chi connectivity index (χ3n) is 4.54. The highest BCUT2D eigenvalue weighted by Gasteiger charge is 2.07. The summed E-state index contributed by atoms with van der Waals surface area (Å²) in [6.07, 6.45) is 1.77. The minimum atomic E-state index is 0.323. The van der Waals surface area contributed by atoms with Gasteiger partial charge in [0, 0.05) is 31.9 Å². The Hall–Kier alpha value is -2.79. The predicted molar refractivity (Wildman–Crippen MR) is 135 cm³/mol. The first-order valence-corrected chi connectivity index (χ1v) is 11.3. The Morgan fingerprint density at radius 1 is 0.812 bits per heavy atom. The molecule has 0 N–H and O–H groups in total. The van der Waals surface area contributed by atoms with Crippen LogP contribution in [0.2, 0.25) is 10.0 Å². The van der Waals surface area contributed by atoms with Crippen LogP contribution < -0.4 is 9.47 Å². The van der Waals surface area contributed by atoms with Crippen molar-refractivity contribution in [3.05, 3.63) is 117 Å². The van der Waals surface area contributed by atoms with E-state index in [9.17, 15) is 0 Å². The SMILES string of the molecule is Clc1ccc(COc2ccc(Br)cc2C=Nc2ccc(Oc3ccccc3)cc2)c(Cl)c1. The van der Waals surface area contributed by atoms with Crippen LogP contribution in [0.25, 0.3) is 0 Å². The van der Waals surface area contributed by atoms with Gasteiger partial charge < -0.3 is 9.47 Å². The van der Waals surface area contributed by atoms with Crippen molar-refractivity contribution in [3.8, 4) is 17.2 Å². The summed E-state index contributed by atoms with van der Waals surface area (Å²) < 4.78 is 12.8. The maximum absolute atomic E-state index is 6.26. The number of ether oxygens (including phenoxy) is 2. The molecule has 32 heavy (non-hydrogen) atoms. The third-order valence-corrected chi connectivity index (χ3v) is 5.62. The molecule has 4 aromatic rings. The van der Waals surface area contributed by atoms with E-state index in [1.54, 1.807) is 18.3 Å². The number of para-hydroxylation sites is 1. The fourth-order valence-corrected chi connectivity index (χ4v) is 3.76. The second-order valence-electron chi connectivity index (χ2n) is 6.87. The van der Waals surface area contributed by atoms with Gasteiger partial charge in [-0.1, -0.05) is 63.4 Å². The van der Waals surface area contributed by atoms with Crippen LogP contribution in [-0.4, -0.2) is 6.21 Å². The van der Waals surface area contributed by atoms with Gasteiger partial charge in [-0.2, -0.15) is 0 Å². The second-order valence-corrected chi connectivity index (χ2v) is 8.63. The van der Waals surface area contributed by atoms with Crippen molar-refractivity contribution in [3.63, 3.8) is 0 Å². The van der Waals surface area contributed by atoms with E-state index >= 15 is 0 Å². The Kier molecular flexibility index (Phi) is 7.48. The van der Waals surface area contributed by atoms with E-state index in [-0.39, 0.29) is 0 Å². The average molecular weight is 527 g/mol. The number of benzene rings is 4. The lowest BCUT2D eigenvalue weighted by molar-refractivity contribution is 0.306. The zero-order chi connectivity index (χ0) is 22.3. The molecule has 0 aliphatic rings. The third kappa shape index (κ3) is 6.13. The summed E-state index contributed by atoms with van der Waals surface area (Å²) in [5.41, 5.74) is 2.50. The van der Waals surface area contributed by atoms with Gasteiger partial charge in [0.1, 0.15) is 23.9 Å². The van der Waals surface area contributed by atoms with Gasteiger partial charge in [0.25, 0.3) is 0 Å². The summed E-state index contributed by atoms with van der Waals surface area (Å²) in [5, 5.41) is 1.16. The molecule has 0 aliphatic carbocycles. The van der Waals surface area contributed by atoms with Gasteiger partial charge in [0.2, 0.25) is 0 Å². The van der Waals surface area contributed by atoms with Crippen molar-refractivity contribution in [2.75, 3.05) is 0 Å². The Labute approximate surface area is 205 Å². The van der Waals surface area contributed by atoms with Crippen LogP contribution in [0.3, 0.4) is 0 Å². The summed E-state index contributed by atoms with van der Waals surface area (Å²) >= 11 is 15.7. The molecule has 0 saturated heterocycles. The van der Waals surface area contributed by atoms with Crippen LogP contribution in [0.15, 0.2) is 100 Å². The standard InChI is InChI=1S/C26H18BrCl2NO2/c27-20-7-13-26(31-17-18-6-8-21(28)15-25(18)29)19(14-20)16-30-22-9-11-24(12-10-22)32-23-4-2-1-3-5-23/h1-16H,17H2. The van der Waals surface area contributed by atoms with Crippen LogP contribution in [0.5, 0.6) is 17.2 Å². The number of hydrogen-bond donors (Lipinski definition) is 0. The van der Waals surface area contributed by atoms with E-state index in [1.807, 2.05) is 78.9 Å². The van der Waals surface area contributed by atoms with E-state index in [0.717, 1.165) is 32.8 Å². The molecule has 0 radical (unpaired) electrons. The van der Waals surface area contributed by atoms with Gasteiger partial charge in [0.05, 0.1) is 5.69 Å². The largest absolute Gasteiger partial charge is 0.488 e. The van der Waals surface area contributed by atoms with Gasteiger partial charge in [-0.15, -0.1) is 0 Å². The molecular weight excluding hydrogens is 509 g/mol. The van der Waals surface area contributed by atoms with Crippen LogP contribution in [0, 0.1) is 0 Å². The molecule has 6 heteroatoms. The first-order chi connectivity index (χ1) is 15.6. The van der Waals surface area contributed by atoms with Gasteiger partial charge in [-0.25, -0.2) is 0 Å². The quantitative estimate of drug-likeness (QED) is 0.225. The maximum Gasteiger partial charge on any atom is 0.128 e. The predicted octanol–water partition coefficient (Wildman–Crippen LogP) is 8.88. The highest BCUT2D eigenvalue weighted by Crippen LogP contribution is 2.27. The molecule has 4 aromatic carbocycles. The first kappa shape index (κ1) is 22.4. The summed E-state index contributed by atoms with van der Waals surface area (Å²) in [7, 11) is 0. The highest BCUT2D eigenvalue weighted by atomic mass is 79.9. The molecule has 0 aliphatic heterocycles. The van der Waals surface area contributed by atoms with Crippen LogP contribution >= 0.6 is 39.1 Å². The molecule has 0 atom stereocenters. The van der Waals surface area contributed by atoms with E-state index < -0.39 is 0 Å². The highest BCUT2D eigenvalue weighted by molar-refractivity contribution is 9.10. The van der Waals surface area contributed by atoms with Crippen molar-refractivity contribution in [1.29, 1.82) is 0 Å². The second kappa shape index (κ2) is 10.7. The van der Waals surface area contributed by atoms with Crippen LogP contribution in [0.1, 0.15) is 11.1 Å². The smallest absolute Gasteiger partial charge is 0.128 e. The molecule has 0 heterocycles. The number of halogens is 3. The fraction of sp³-hybridized carbons (Fsp3) is 0.0385. The minimum Gasteiger partial charge on any atom is -0.488 e. The molecule has 0 bridgehead atoms. The van der Waals surface area contributed by atoms with E-state index in [2.05, 4.69) is 20.9 Å². The molecule has 0 fully saturated rings. The Morgan fingerprint density at radius 3 is 2.31 bits per heavy atom. The topological polar surface area (TPSA) is 30.8 Å². The molecule has 0 aromatic heterocycles. The number of rotatable bonds is 7. The zero-order valence-electron chi connectivity index (χ0n) is 16.8. The molecule has 0 unspecified atom stereocenters. The monoisotopic (exact) mass is 525 g/mol. The summed E-state index contributed by atoms with van der Waals surface area (Å²) in [6.45, 7) is 0.323. The zero-order valence-corrected chi connectivity index (χ0v) is 19.9. The lowest BCUT2D eigenvalue weighted by atomic mass is 10.2. The van der Waals surface area contributed by atoms with Crippen molar-refractivity contribution in [2.24, 2.45) is 4.99 Å². The van der Waals surface area contributed by atoms with Gasteiger partial charge >= 0.3 is 0 Å². The Bertz CT molecular complexity index is 1230. The summed E-state index contributed by atoms with van der Waals surface area (Å²) in [4.78, 5) is 4.59. The normalized spacial score (nSPS) is 11.0. The van der Waals surface area contributed by atoms with Crippen molar-refractivity contribution in [2.45, 2.75) is 6.61 Å². The van der Waals surface area contributed by atoms with E-state index in [4.69, 9.17) is 32.7 Å². The van der Waals surface area contributed by atoms with Crippen molar-refractivity contribution < 1.29 is 9.47 Å². The van der Waals surface area contributed by atoms with Gasteiger partial charge in [-0.05, 0) is 66.7 Å². The summed E-state index contributed by atoms with van der Waals surface area (Å²) in [5.74, 6) is 2.24. The number of nitrogens with zero attached hydrogens (tertiary/aromatic N) is 1. The lowest BCUT2D eigenvalue weighted by Gasteiger charge is -2.11. The van der Waals surface area contributed by atoms with Crippen molar-refractivity contribution >= 4 is 51.0 Å². The molecule has 4 rings (SSSR count). The van der Waals surface area contributed by atoms with Crippen LogP contribution in [0.4, 0.5) is 5.69 Å². The lowest BCUT2D eigenvalue weighted by Crippen LogP contribution is -1.99. The van der Waals surface area contributed by atoms with Gasteiger partial charge in [-0.3, -0.25) is 4.99 Å². The summed E-state index contributed by atoms with van der Waals surface area (Å²) in [6, 6.07) is 28.4. The molecule has 0 saturated carbocycles. The fourth-order valence-electron chi connectivity index (χ4n) is 2.91.